The molecule has 18 heavy (non-hydrogen) atoms. The van der Waals surface area contributed by atoms with Crippen molar-refractivity contribution in [3.05, 3.63) is 71.8 Å². The molecule has 2 nitrogen and oxygen atoms in total. The lowest BCUT2D eigenvalue weighted by atomic mass is 9.85. The van der Waals surface area contributed by atoms with Crippen LogP contribution < -0.4 is 0 Å². The van der Waals surface area contributed by atoms with E-state index in [0.29, 0.717) is 0 Å². The van der Waals surface area contributed by atoms with Crippen molar-refractivity contribution in [1.82, 2.24) is 0 Å². The average molecular weight is 242 g/mol. The molecular weight excluding hydrogens is 224 g/mol. The van der Waals surface area contributed by atoms with Crippen LogP contribution in [0.25, 0.3) is 0 Å². The summed E-state index contributed by atoms with van der Waals surface area (Å²) < 4.78 is 0. The van der Waals surface area contributed by atoms with E-state index in [4.69, 9.17) is 0 Å². The number of aliphatic hydroxyl groups is 2. The smallest absolute Gasteiger partial charge is 0.0883 e. The first-order chi connectivity index (χ1) is 8.70. The molecule has 2 aromatic rings. The van der Waals surface area contributed by atoms with Crippen molar-refractivity contribution in [2.75, 3.05) is 0 Å². The first kappa shape index (κ1) is 12.8. The van der Waals surface area contributed by atoms with Crippen LogP contribution in [0.1, 0.15) is 30.1 Å². The maximum atomic E-state index is 10.4. The third-order valence-corrected chi connectivity index (χ3v) is 3.19. The van der Waals surface area contributed by atoms with Gasteiger partial charge in [0.1, 0.15) is 0 Å². The van der Waals surface area contributed by atoms with Crippen LogP contribution in [0.2, 0.25) is 0 Å². The lowest BCUT2D eigenvalue weighted by Gasteiger charge is -2.26. The minimum absolute atomic E-state index is 0.311. The first-order valence-corrected chi connectivity index (χ1v) is 6.16. The Hall–Kier alpha value is -1.64. The second kappa shape index (κ2) is 5.80. The van der Waals surface area contributed by atoms with Crippen LogP contribution in [0, 0.1) is 0 Å². The van der Waals surface area contributed by atoms with E-state index in [-0.39, 0.29) is 5.92 Å². The highest BCUT2D eigenvalue weighted by Gasteiger charge is 2.26. The van der Waals surface area contributed by atoms with Crippen molar-refractivity contribution in [2.45, 2.75) is 25.0 Å². The third-order valence-electron chi connectivity index (χ3n) is 3.19. The summed E-state index contributed by atoms with van der Waals surface area (Å²) in [5.74, 6) is -0.311. The summed E-state index contributed by atoms with van der Waals surface area (Å²) in [6.07, 6.45) is -1.31. The van der Waals surface area contributed by atoms with Crippen LogP contribution in [0.4, 0.5) is 0 Å². The second-order valence-electron chi connectivity index (χ2n) is 4.53. The minimum atomic E-state index is -0.700. The number of hydrogen-bond acceptors (Lipinski definition) is 2. The molecule has 3 atom stereocenters. The quantitative estimate of drug-likeness (QED) is 0.865. The van der Waals surface area contributed by atoms with Crippen LogP contribution in [0.3, 0.4) is 0 Å². The van der Waals surface area contributed by atoms with Gasteiger partial charge < -0.3 is 10.2 Å². The second-order valence-corrected chi connectivity index (χ2v) is 4.53. The standard InChI is InChI=1S/C16H18O2/c1-12(17)15(13-8-4-2-5-9-13)16(18)14-10-6-3-7-11-14/h2-12,15-18H,1H3/t12-,15+,16-/m0/s1. The molecule has 0 fully saturated rings. The van der Waals surface area contributed by atoms with E-state index < -0.39 is 12.2 Å². The molecule has 0 saturated heterocycles. The van der Waals surface area contributed by atoms with Gasteiger partial charge in [-0.05, 0) is 18.1 Å². The fourth-order valence-corrected chi connectivity index (χ4v) is 2.26. The van der Waals surface area contributed by atoms with E-state index in [1.165, 1.54) is 0 Å². The van der Waals surface area contributed by atoms with Gasteiger partial charge in [0.15, 0.2) is 0 Å². The predicted octanol–water partition coefficient (Wildman–Crippen LogP) is 2.88. The maximum absolute atomic E-state index is 10.4. The Morgan fingerprint density at radius 3 is 1.61 bits per heavy atom. The largest absolute Gasteiger partial charge is 0.393 e. The Labute approximate surface area is 108 Å². The Kier molecular flexibility index (Phi) is 4.13. The molecule has 0 aliphatic rings. The summed E-state index contributed by atoms with van der Waals surface area (Å²) >= 11 is 0. The van der Waals surface area contributed by atoms with E-state index in [1.54, 1.807) is 6.92 Å². The van der Waals surface area contributed by atoms with Crippen molar-refractivity contribution < 1.29 is 10.2 Å². The summed E-state index contributed by atoms with van der Waals surface area (Å²) in [5.41, 5.74) is 1.77. The molecule has 0 aliphatic heterocycles. The van der Waals surface area contributed by atoms with Gasteiger partial charge in [0.2, 0.25) is 0 Å². The highest BCUT2D eigenvalue weighted by atomic mass is 16.3. The molecule has 0 unspecified atom stereocenters. The van der Waals surface area contributed by atoms with Gasteiger partial charge in [0.25, 0.3) is 0 Å². The Morgan fingerprint density at radius 1 is 0.722 bits per heavy atom. The van der Waals surface area contributed by atoms with Gasteiger partial charge in [0.05, 0.1) is 12.2 Å². The molecule has 0 spiro atoms. The topological polar surface area (TPSA) is 40.5 Å². The van der Waals surface area contributed by atoms with Crippen molar-refractivity contribution in [3.63, 3.8) is 0 Å². The summed E-state index contributed by atoms with van der Waals surface area (Å²) in [7, 11) is 0. The maximum Gasteiger partial charge on any atom is 0.0883 e. The van der Waals surface area contributed by atoms with Gasteiger partial charge in [-0.2, -0.15) is 0 Å². The highest BCUT2D eigenvalue weighted by Crippen LogP contribution is 2.33. The van der Waals surface area contributed by atoms with Gasteiger partial charge in [-0.1, -0.05) is 60.7 Å². The van der Waals surface area contributed by atoms with E-state index >= 15 is 0 Å². The van der Waals surface area contributed by atoms with E-state index in [2.05, 4.69) is 0 Å². The van der Waals surface area contributed by atoms with E-state index in [1.807, 2.05) is 60.7 Å². The molecule has 2 rings (SSSR count). The molecule has 0 amide bonds. The van der Waals surface area contributed by atoms with Crippen LogP contribution in [0.5, 0.6) is 0 Å². The summed E-state index contributed by atoms with van der Waals surface area (Å²) in [5, 5.41) is 20.4. The van der Waals surface area contributed by atoms with Crippen LogP contribution in [0.15, 0.2) is 60.7 Å². The van der Waals surface area contributed by atoms with Crippen molar-refractivity contribution in [2.24, 2.45) is 0 Å². The van der Waals surface area contributed by atoms with Gasteiger partial charge >= 0.3 is 0 Å². The Balaban J connectivity index is 2.32. The molecular formula is C16H18O2. The number of benzene rings is 2. The summed E-state index contributed by atoms with van der Waals surface area (Å²) in [6, 6.07) is 19.1. The monoisotopic (exact) mass is 242 g/mol. The van der Waals surface area contributed by atoms with Crippen molar-refractivity contribution >= 4 is 0 Å². The third kappa shape index (κ3) is 2.78. The zero-order valence-corrected chi connectivity index (χ0v) is 10.4. The number of rotatable bonds is 4. The zero-order valence-electron chi connectivity index (χ0n) is 10.4. The number of aliphatic hydroxyl groups excluding tert-OH is 2. The van der Waals surface area contributed by atoms with Crippen molar-refractivity contribution in [1.29, 1.82) is 0 Å². The lowest BCUT2D eigenvalue weighted by molar-refractivity contribution is 0.0619. The highest BCUT2D eigenvalue weighted by molar-refractivity contribution is 5.27. The summed E-state index contributed by atoms with van der Waals surface area (Å²) in [4.78, 5) is 0. The predicted molar refractivity (Wildman–Crippen MR) is 72.3 cm³/mol. The molecule has 0 heterocycles. The Morgan fingerprint density at radius 2 is 1.17 bits per heavy atom. The number of hydrogen-bond donors (Lipinski definition) is 2. The van der Waals surface area contributed by atoms with Crippen molar-refractivity contribution in [3.8, 4) is 0 Å². The first-order valence-electron chi connectivity index (χ1n) is 6.16. The molecule has 0 bridgehead atoms. The van der Waals surface area contributed by atoms with E-state index in [0.717, 1.165) is 11.1 Å². The Bertz CT molecular complexity index is 465. The molecule has 0 aliphatic carbocycles. The molecule has 0 saturated carbocycles. The molecule has 94 valence electrons. The molecule has 0 radical (unpaired) electrons. The zero-order chi connectivity index (χ0) is 13.0. The van der Waals surface area contributed by atoms with Gasteiger partial charge in [0, 0.05) is 5.92 Å². The SMILES string of the molecule is C[C@H](O)[C@H](c1ccccc1)[C@@H](O)c1ccccc1. The molecule has 2 N–H and O–H groups in total. The molecule has 2 heteroatoms. The normalized spacial score (nSPS) is 15.9. The van der Waals surface area contributed by atoms with Gasteiger partial charge in [-0.25, -0.2) is 0 Å². The minimum Gasteiger partial charge on any atom is -0.393 e. The fraction of sp³-hybridized carbons (Fsp3) is 0.250. The lowest BCUT2D eigenvalue weighted by Crippen LogP contribution is -2.22. The summed E-state index contributed by atoms with van der Waals surface area (Å²) in [6.45, 7) is 1.71. The van der Waals surface area contributed by atoms with Crippen LogP contribution in [-0.2, 0) is 0 Å². The van der Waals surface area contributed by atoms with Gasteiger partial charge in [-0.3, -0.25) is 0 Å². The van der Waals surface area contributed by atoms with E-state index in [9.17, 15) is 10.2 Å². The van der Waals surface area contributed by atoms with Gasteiger partial charge in [-0.15, -0.1) is 0 Å². The van der Waals surface area contributed by atoms with Crippen LogP contribution >= 0.6 is 0 Å². The molecule has 2 aromatic carbocycles. The fourth-order valence-electron chi connectivity index (χ4n) is 2.26. The average Bonchev–Trinajstić information content (AvgIpc) is 2.40. The molecule has 0 aromatic heterocycles. The van der Waals surface area contributed by atoms with Crippen LogP contribution in [-0.4, -0.2) is 16.3 Å².